The van der Waals surface area contributed by atoms with Crippen molar-refractivity contribution in [2.45, 2.75) is 70.9 Å². The first kappa shape index (κ1) is 26.5. The van der Waals surface area contributed by atoms with E-state index in [1.807, 2.05) is 30.9 Å². The van der Waals surface area contributed by atoms with E-state index in [2.05, 4.69) is 9.88 Å². The van der Waals surface area contributed by atoms with E-state index in [1.54, 1.807) is 4.90 Å². The lowest BCUT2D eigenvalue weighted by Gasteiger charge is -2.39. The number of H-pyrrole nitrogens is 1. The van der Waals surface area contributed by atoms with Gasteiger partial charge in [0.05, 0.1) is 12.1 Å². The lowest BCUT2D eigenvalue weighted by Crippen LogP contribution is -2.51. The van der Waals surface area contributed by atoms with Gasteiger partial charge in [-0.2, -0.15) is 0 Å². The van der Waals surface area contributed by atoms with Crippen molar-refractivity contribution < 1.29 is 23.5 Å². The van der Waals surface area contributed by atoms with Gasteiger partial charge >= 0.3 is 11.7 Å². The van der Waals surface area contributed by atoms with Gasteiger partial charge in [0, 0.05) is 38.0 Å². The van der Waals surface area contributed by atoms with Gasteiger partial charge in [0.1, 0.15) is 12.6 Å². The maximum absolute atomic E-state index is 13.2. The van der Waals surface area contributed by atoms with Gasteiger partial charge in [-0.05, 0) is 69.2 Å². The molecule has 0 bridgehead atoms. The summed E-state index contributed by atoms with van der Waals surface area (Å²) in [6, 6.07) is 3.86. The summed E-state index contributed by atoms with van der Waals surface area (Å²) >= 11 is 0. The maximum Gasteiger partial charge on any atom is 0.417 e. The number of carbonyl (C=O) groups is 3. The molecule has 3 aliphatic heterocycles. The van der Waals surface area contributed by atoms with Crippen LogP contribution in [0.4, 0.5) is 0 Å². The summed E-state index contributed by atoms with van der Waals surface area (Å²) in [4.78, 5) is 58.1. The number of aryl methyl sites for hydroxylation is 1. The highest BCUT2D eigenvalue weighted by Crippen LogP contribution is 2.28. The molecule has 2 amide bonds. The summed E-state index contributed by atoms with van der Waals surface area (Å²) < 4.78 is 10.8. The number of piperidine rings is 1. The first-order valence-electron chi connectivity index (χ1n) is 13.9. The number of rotatable bonds is 8. The molecule has 10 nitrogen and oxygen atoms in total. The van der Waals surface area contributed by atoms with Gasteiger partial charge in [-0.1, -0.05) is 13.0 Å². The Kier molecular flexibility index (Phi) is 7.88. The Bertz CT molecular complexity index is 1240. The van der Waals surface area contributed by atoms with Crippen LogP contribution < -0.4 is 5.76 Å². The van der Waals surface area contributed by atoms with E-state index in [9.17, 15) is 19.2 Å². The smallest absolute Gasteiger partial charge is 0.417 e. The number of carbonyl (C=O) groups excluding carboxylic acids is 3. The quantitative estimate of drug-likeness (QED) is 0.525. The summed E-state index contributed by atoms with van der Waals surface area (Å²) in [6.45, 7) is 7.57. The Labute approximate surface area is 222 Å². The number of esters is 1. The molecule has 10 heteroatoms. The van der Waals surface area contributed by atoms with Gasteiger partial charge < -0.3 is 19.0 Å². The number of ether oxygens (including phenoxy) is 1. The number of fused-ring (bicyclic) bond motifs is 1. The molecule has 206 valence electrons. The number of hydrogen-bond donors (Lipinski definition) is 1. The van der Waals surface area contributed by atoms with Gasteiger partial charge in [-0.3, -0.25) is 24.3 Å². The minimum atomic E-state index is -0.473. The molecule has 0 radical (unpaired) electrons. The van der Waals surface area contributed by atoms with Crippen LogP contribution in [0.1, 0.15) is 56.6 Å². The van der Waals surface area contributed by atoms with Gasteiger partial charge in [0.15, 0.2) is 5.58 Å². The first-order valence-corrected chi connectivity index (χ1v) is 13.9. The zero-order chi connectivity index (χ0) is 26.8. The fourth-order valence-electron chi connectivity index (χ4n) is 6.36. The molecule has 5 rings (SSSR count). The average molecular weight is 527 g/mol. The van der Waals surface area contributed by atoms with E-state index in [0.717, 1.165) is 56.3 Å². The number of amides is 2. The number of nitrogens with zero attached hydrogens (tertiary/aromatic N) is 3. The minimum absolute atomic E-state index is 0.130. The molecule has 1 N–H and O–H groups in total. The third-order valence-corrected chi connectivity index (χ3v) is 8.34. The van der Waals surface area contributed by atoms with Crippen LogP contribution in [0.25, 0.3) is 11.1 Å². The highest BCUT2D eigenvalue weighted by atomic mass is 16.5. The average Bonchev–Trinajstić information content (AvgIpc) is 3.63. The third kappa shape index (κ3) is 5.65. The molecule has 38 heavy (non-hydrogen) atoms. The summed E-state index contributed by atoms with van der Waals surface area (Å²) in [5.74, 6) is -0.577. The van der Waals surface area contributed by atoms with Crippen LogP contribution in [0.5, 0.6) is 0 Å². The predicted molar refractivity (Wildman–Crippen MR) is 141 cm³/mol. The molecule has 3 fully saturated rings. The fraction of sp³-hybridized carbons (Fsp3) is 0.643. The van der Waals surface area contributed by atoms with E-state index in [-0.39, 0.29) is 42.4 Å². The van der Waals surface area contributed by atoms with Crippen LogP contribution in [-0.2, 0) is 25.5 Å². The van der Waals surface area contributed by atoms with E-state index in [4.69, 9.17) is 9.15 Å². The number of benzene rings is 1. The lowest BCUT2D eigenvalue weighted by atomic mass is 9.96. The number of aromatic nitrogens is 1. The van der Waals surface area contributed by atoms with E-state index >= 15 is 0 Å². The molecular formula is C28H38N4O6. The maximum atomic E-state index is 13.2. The van der Waals surface area contributed by atoms with Gasteiger partial charge in [0.25, 0.3) is 0 Å². The van der Waals surface area contributed by atoms with E-state index in [1.165, 1.54) is 0 Å². The van der Waals surface area contributed by atoms with Crippen LogP contribution in [0.3, 0.4) is 0 Å². The molecule has 0 aliphatic carbocycles. The first-order chi connectivity index (χ1) is 18.3. The van der Waals surface area contributed by atoms with Crippen molar-refractivity contribution >= 4 is 28.9 Å². The molecule has 0 spiro atoms. The Morgan fingerprint density at radius 1 is 1.11 bits per heavy atom. The van der Waals surface area contributed by atoms with Crippen molar-refractivity contribution in [2.75, 3.05) is 39.3 Å². The van der Waals surface area contributed by atoms with Crippen LogP contribution in [-0.4, -0.2) is 88.9 Å². The summed E-state index contributed by atoms with van der Waals surface area (Å²) in [7, 11) is 0. The summed E-state index contributed by atoms with van der Waals surface area (Å²) in [6.07, 6.45) is 5.48. The highest BCUT2D eigenvalue weighted by Gasteiger charge is 2.38. The fourth-order valence-corrected chi connectivity index (χ4v) is 6.36. The summed E-state index contributed by atoms with van der Waals surface area (Å²) in [5, 5.41) is 0. The molecular weight excluding hydrogens is 488 g/mol. The van der Waals surface area contributed by atoms with Crippen LogP contribution >= 0.6 is 0 Å². The largest absolute Gasteiger partial charge is 0.463 e. The van der Waals surface area contributed by atoms with Crippen LogP contribution in [0.15, 0.2) is 21.3 Å². The second-order valence-electron chi connectivity index (χ2n) is 11.0. The van der Waals surface area contributed by atoms with E-state index in [0.29, 0.717) is 43.6 Å². The SMILES string of the molecule is Cc1cc(C[C@@H](C)C(=O)N2CCC(N3CCC[C@@H]3C(=O)OCCN3CCCC3=O)CC2)cc2oc(=O)[nH]c12. The molecule has 2 atom stereocenters. The van der Waals surface area contributed by atoms with Gasteiger partial charge in [0.2, 0.25) is 11.8 Å². The lowest BCUT2D eigenvalue weighted by molar-refractivity contribution is -0.151. The Hall–Kier alpha value is -3.14. The molecule has 1 aromatic carbocycles. The second kappa shape index (κ2) is 11.3. The topological polar surface area (TPSA) is 116 Å². The van der Waals surface area contributed by atoms with Crippen molar-refractivity contribution in [1.82, 2.24) is 19.7 Å². The highest BCUT2D eigenvalue weighted by molar-refractivity contribution is 5.80. The molecule has 4 heterocycles. The number of nitrogens with one attached hydrogen (secondary N) is 1. The standard InChI is InChI=1S/C28H38N4O6/c1-18-15-20(17-23-25(18)29-28(36)38-23)16-19(2)26(34)31-11-7-21(8-12-31)32-10-3-5-22(32)27(35)37-14-13-30-9-4-6-24(30)33/h15,17,19,21-22H,3-14,16H2,1-2H3,(H,29,36)/t19-,22-/m1/s1. The van der Waals surface area contributed by atoms with Crippen molar-refractivity contribution in [3.63, 3.8) is 0 Å². The Morgan fingerprint density at radius 3 is 2.63 bits per heavy atom. The molecule has 0 unspecified atom stereocenters. The Morgan fingerprint density at radius 2 is 1.89 bits per heavy atom. The predicted octanol–water partition coefficient (Wildman–Crippen LogP) is 2.23. The monoisotopic (exact) mass is 526 g/mol. The van der Waals surface area contributed by atoms with Crippen LogP contribution in [0.2, 0.25) is 0 Å². The van der Waals surface area contributed by atoms with Gasteiger partial charge in [-0.25, -0.2) is 4.79 Å². The zero-order valence-electron chi connectivity index (χ0n) is 22.4. The molecule has 2 aromatic rings. The number of aromatic amines is 1. The number of oxazole rings is 1. The third-order valence-electron chi connectivity index (χ3n) is 8.34. The van der Waals surface area contributed by atoms with E-state index < -0.39 is 5.76 Å². The summed E-state index contributed by atoms with van der Waals surface area (Å²) in [5.41, 5.74) is 3.12. The minimum Gasteiger partial charge on any atom is -0.463 e. The normalized spacial score (nSPS) is 21.9. The van der Waals surface area contributed by atoms with Crippen molar-refractivity contribution in [3.8, 4) is 0 Å². The molecule has 0 saturated carbocycles. The van der Waals surface area contributed by atoms with Gasteiger partial charge in [-0.15, -0.1) is 0 Å². The Balaban J connectivity index is 1.10. The molecule has 3 saturated heterocycles. The van der Waals surface area contributed by atoms with Crippen LogP contribution in [0, 0.1) is 12.8 Å². The van der Waals surface area contributed by atoms with Crippen molar-refractivity contribution in [1.29, 1.82) is 0 Å². The van der Waals surface area contributed by atoms with Crippen molar-refractivity contribution in [2.24, 2.45) is 5.92 Å². The molecule has 3 aliphatic rings. The van der Waals surface area contributed by atoms with Crippen molar-refractivity contribution in [3.05, 3.63) is 33.8 Å². The molecule has 1 aromatic heterocycles. The number of hydrogen-bond acceptors (Lipinski definition) is 7. The zero-order valence-corrected chi connectivity index (χ0v) is 22.4. The second-order valence-corrected chi connectivity index (χ2v) is 11.0. The number of likely N-dealkylation sites (tertiary alicyclic amines) is 3.